The molecule has 0 radical (unpaired) electrons. The highest BCUT2D eigenvalue weighted by Gasteiger charge is 2.12. The van der Waals surface area contributed by atoms with Crippen molar-refractivity contribution in [1.29, 1.82) is 0 Å². The molecule has 0 heterocycles. The van der Waals surface area contributed by atoms with Crippen LogP contribution < -0.4 is 10.1 Å². The van der Waals surface area contributed by atoms with E-state index in [1.807, 2.05) is 50.2 Å². The normalized spacial score (nSPS) is 12.2. The van der Waals surface area contributed by atoms with Gasteiger partial charge in [-0.3, -0.25) is 4.79 Å². The maximum Gasteiger partial charge on any atom is 0.244 e. The Morgan fingerprint density at radius 3 is 2.67 bits per heavy atom. The van der Waals surface area contributed by atoms with E-state index in [4.69, 9.17) is 16.3 Å². The molecule has 0 spiro atoms. The van der Waals surface area contributed by atoms with Crippen molar-refractivity contribution in [1.82, 2.24) is 5.32 Å². The largest absolute Gasteiger partial charge is 0.496 e. The third-order valence-electron chi connectivity index (χ3n) is 3.87. The number of rotatable bonds is 6. The minimum absolute atomic E-state index is 0.0435. The van der Waals surface area contributed by atoms with Crippen LogP contribution in [0.3, 0.4) is 0 Å². The van der Waals surface area contributed by atoms with E-state index < -0.39 is 0 Å². The SMILES string of the molecule is CC[C@@H](NC(=O)/C=C/c1ccccc1Cl)c1ccc(OC)c(C)c1. The minimum Gasteiger partial charge on any atom is -0.496 e. The quantitative estimate of drug-likeness (QED) is 0.754. The highest BCUT2D eigenvalue weighted by Crippen LogP contribution is 2.24. The summed E-state index contributed by atoms with van der Waals surface area (Å²) in [6, 6.07) is 13.3. The van der Waals surface area contributed by atoms with Gasteiger partial charge in [0.15, 0.2) is 0 Å². The fourth-order valence-electron chi connectivity index (χ4n) is 2.54. The van der Waals surface area contributed by atoms with Crippen LogP contribution in [0.2, 0.25) is 5.02 Å². The fourth-order valence-corrected chi connectivity index (χ4v) is 2.73. The van der Waals surface area contributed by atoms with Gasteiger partial charge in [-0.05, 0) is 48.2 Å². The van der Waals surface area contributed by atoms with Gasteiger partial charge >= 0.3 is 0 Å². The van der Waals surface area contributed by atoms with Crippen molar-refractivity contribution in [2.24, 2.45) is 0 Å². The Hall–Kier alpha value is -2.26. The highest BCUT2D eigenvalue weighted by molar-refractivity contribution is 6.32. The molecule has 0 bridgehead atoms. The number of hydrogen-bond donors (Lipinski definition) is 1. The molecule has 0 aromatic heterocycles. The van der Waals surface area contributed by atoms with E-state index in [0.717, 1.165) is 28.9 Å². The van der Waals surface area contributed by atoms with Gasteiger partial charge in [0.25, 0.3) is 0 Å². The molecule has 0 saturated heterocycles. The molecule has 2 aromatic rings. The maximum absolute atomic E-state index is 12.2. The van der Waals surface area contributed by atoms with E-state index in [2.05, 4.69) is 5.32 Å². The number of aryl methyl sites for hydroxylation is 1. The van der Waals surface area contributed by atoms with Crippen molar-refractivity contribution < 1.29 is 9.53 Å². The predicted octanol–water partition coefficient (Wildman–Crippen LogP) is 4.94. The number of halogens is 1. The molecule has 0 unspecified atom stereocenters. The van der Waals surface area contributed by atoms with E-state index in [0.29, 0.717) is 5.02 Å². The summed E-state index contributed by atoms with van der Waals surface area (Å²) in [5.41, 5.74) is 2.94. The van der Waals surface area contributed by atoms with Gasteiger partial charge in [0.1, 0.15) is 5.75 Å². The lowest BCUT2D eigenvalue weighted by atomic mass is 10.0. The van der Waals surface area contributed by atoms with E-state index in [1.54, 1.807) is 19.3 Å². The van der Waals surface area contributed by atoms with E-state index in [-0.39, 0.29) is 11.9 Å². The summed E-state index contributed by atoms with van der Waals surface area (Å²) in [6.07, 6.45) is 4.04. The Morgan fingerprint density at radius 1 is 1.29 bits per heavy atom. The smallest absolute Gasteiger partial charge is 0.244 e. The average molecular weight is 344 g/mol. The molecule has 126 valence electrons. The lowest BCUT2D eigenvalue weighted by Crippen LogP contribution is -2.26. The fraction of sp³-hybridized carbons (Fsp3) is 0.250. The number of amides is 1. The monoisotopic (exact) mass is 343 g/mol. The lowest BCUT2D eigenvalue weighted by Gasteiger charge is -2.18. The van der Waals surface area contributed by atoms with Crippen LogP contribution in [0.4, 0.5) is 0 Å². The maximum atomic E-state index is 12.2. The summed E-state index contributed by atoms with van der Waals surface area (Å²) in [4.78, 5) is 12.2. The molecular weight excluding hydrogens is 322 g/mol. The summed E-state index contributed by atoms with van der Waals surface area (Å²) in [6.45, 7) is 4.04. The first-order chi connectivity index (χ1) is 11.5. The van der Waals surface area contributed by atoms with Crippen LogP contribution in [0.25, 0.3) is 6.08 Å². The molecule has 0 fully saturated rings. The number of benzene rings is 2. The first kappa shape index (κ1) is 18.1. The summed E-state index contributed by atoms with van der Waals surface area (Å²) >= 11 is 6.09. The third kappa shape index (κ3) is 4.62. The summed E-state index contributed by atoms with van der Waals surface area (Å²) in [5, 5.41) is 3.65. The number of nitrogens with one attached hydrogen (secondary N) is 1. The van der Waals surface area contributed by atoms with E-state index >= 15 is 0 Å². The van der Waals surface area contributed by atoms with Crippen LogP contribution >= 0.6 is 11.6 Å². The van der Waals surface area contributed by atoms with Crippen LogP contribution in [0, 0.1) is 6.92 Å². The van der Waals surface area contributed by atoms with Crippen molar-refractivity contribution in [3.05, 3.63) is 70.3 Å². The second kappa shape index (κ2) is 8.55. The Kier molecular flexibility index (Phi) is 6.44. The molecule has 2 aromatic carbocycles. The summed E-state index contributed by atoms with van der Waals surface area (Å²) < 4.78 is 5.28. The topological polar surface area (TPSA) is 38.3 Å². The molecule has 0 aliphatic carbocycles. The standard InChI is InChI=1S/C20H22ClNO2/c1-4-18(16-9-11-19(24-3)14(2)13-16)22-20(23)12-10-15-7-5-6-8-17(15)21/h5-13,18H,4H2,1-3H3,(H,22,23)/b12-10+/t18-/m1/s1. The molecule has 1 N–H and O–H groups in total. The Bertz CT molecular complexity index is 740. The molecule has 4 heteroatoms. The number of methoxy groups -OCH3 is 1. The number of carbonyl (C=O) groups excluding carboxylic acids is 1. The molecule has 1 atom stereocenters. The van der Waals surface area contributed by atoms with E-state index in [9.17, 15) is 4.79 Å². The van der Waals surface area contributed by atoms with Crippen molar-refractivity contribution in [2.75, 3.05) is 7.11 Å². The van der Waals surface area contributed by atoms with Crippen molar-refractivity contribution in [3.63, 3.8) is 0 Å². The van der Waals surface area contributed by atoms with Crippen LogP contribution in [0.5, 0.6) is 5.75 Å². The number of carbonyl (C=O) groups is 1. The van der Waals surface area contributed by atoms with Gasteiger partial charge < -0.3 is 10.1 Å². The Morgan fingerprint density at radius 2 is 2.04 bits per heavy atom. The van der Waals surface area contributed by atoms with Crippen LogP contribution in [0.15, 0.2) is 48.5 Å². The van der Waals surface area contributed by atoms with Crippen LogP contribution in [-0.4, -0.2) is 13.0 Å². The van der Waals surface area contributed by atoms with Gasteiger partial charge in [0.05, 0.1) is 13.2 Å². The van der Waals surface area contributed by atoms with Gasteiger partial charge in [-0.25, -0.2) is 0 Å². The Labute approximate surface area is 148 Å². The highest BCUT2D eigenvalue weighted by atomic mass is 35.5. The van der Waals surface area contributed by atoms with Crippen molar-refractivity contribution in [3.8, 4) is 5.75 Å². The molecule has 0 aliphatic heterocycles. The van der Waals surface area contributed by atoms with E-state index in [1.165, 1.54) is 6.08 Å². The van der Waals surface area contributed by atoms with Crippen LogP contribution in [0.1, 0.15) is 36.1 Å². The number of hydrogen-bond acceptors (Lipinski definition) is 2. The zero-order valence-electron chi connectivity index (χ0n) is 14.2. The van der Waals surface area contributed by atoms with Gasteiger partial charge in [-0.15, -0.1) is 0 Å². The van der Waals surface area contributed by atoms with Gasteiger partial charge in [0.2, 0.25) is 5.91 Å². The van der Waals surface area contributed by atoms with Crippen molar-refractivity contribution in [2.45, 2.75) is 26.3 Å². The molecule has 0 saturated carbocycles. The first-order valence-electron chi connectivity index (χ1n) is 7.92. The zero-order valence-corrected chi connectivity index (χ0v) is 14.9. The minimum atomic E-state index is -0.143. The second-order valence-electron chi connectivity index (χ2n) is 5.55. The van der Waals surface area contributed by atoms with Crippen molar-refractivity contribution >= 4 is 23.6 Å². The molecule has 3 nitrogen and oxygen atoms in total. The van der Waals surface area contributed by atoms with Gasteiger partial charge in [-0.2, -0.15) is 0 Å². The predicted molar refractivity (Wildman–Crippen MR) is 99.4 cm³/mol. The number of ether oxygens (including phenoxy) is 1. The average Bonchev–Trinajstić information content (AvgIpc) is 2.59. The second-order valence-corrected chi connectivity index (χ2v) is 5.96. The molecular formula is C20H22ClNO2. The molecule has 2 rings (SSSR count). The van der Waals surface area contributed by atoms with Gasteiger partial charge in [-0.1, -0.05) is 48.9 Å². The third-order valence-corrected chi connectivity index (χ3v) is 4.21. The van der Waals surface area contributed by atoms with Gasteiger partial charge in [0, 0.05) is 11.1 Å². The summed E-state index contributed by atoms with van der Waals surface area (Å²) in [5.74, 6) is 0.703. The van der Waals surface area contributed by atoms with Crippen LogP contribution in [-0.2, 0) is 4.79 Å². The lowest BCUT2D eigenvalue weighted by molar-refractivity contribution is -0.117. The Balaban J connectivity index is 2.08. The first-order valence-corrected chi connectivity index (χ1v) is 8.30. The zero-order chi connectivity index (χ0) is 17.5. The molecule has 0 aliphatic rings. The summed E-state index contributed by atoms with van der Waals surface area (Å²) in [7, 11) is 1.65. The molecule has 1 amide bonds. The molecule has 24 heavy (non-hydrogen) atoms.